The van der Waals surface area contributed by atoms with E-state index in [4.69, 9.17) is 5.11 Å². The van der Waals surface area contributed by atoms with E-state index in [0.717, 1.165) is 5.56 Å². The Morgan fingerprint density at radius 2 is 2.25 bits per heavy atom. The predicted molar refractivity (Wildman–Crippen MR) is 85.9 cm³/mol. The van der Waals surface area contributed by atoms with Crippen molar-refractivity contribution in [2.24, 2.45) is 0 Å². The maximum Gasteiger partial charge on any atom is 0.320 e. The van der Waals surface area contributed by atoms with Crippen molar-refractivity contribution in [3.8, 4) is 11.3 Å². The second-order valence-electron chi connectivity index (χ2n) is 6.36. The lowest BCUT2D eigenvalue weighted by atomic mass is 10.1. The number of hydrogen-bond acceptors (Lipinski definition) is 5. The minimum atomic E-state index is -0.865. The van der Waals surface area contributed by atoms with E-state index < -0.39 is 12.0 Å². The summed E-state index contributed by atoms with van der Waals surface area (Å²) in [5.74, 6) is -1.18. The molecule has 128 valence electrons. The maximum absolute atomic E-state index is 13.9. The van der Waals surface area contributed by atoms with Crippen molar-refractivity contribution >= 4 is 5.97 Å². The number of carbonyl (C=O) groups is 1. The van der Waals surface area contributed by atoms with Gasteiger partial charge in [-0.1, -0.05) is 5.21 Å². The Morgan fingerprint density at radius 3 is 2.92 bits per heavy atom. The van der Waals surface area contributed by atoms with Crippen molar-refractivity contribution in [2.45, 2.75) is 25.0 Å². The van der Waals surface area contributed by atoms with Crippen LogP contribution in [0.15, 0.2) is 24.4 Å². The van der Waals surface area contributed by atoms with Crippen LogP contribution in [0.3, 0.4) is 0 Å². The fourth-order valence-electron chi connectivity index (χ4n) is 2.95. The number of carboxylic acid groups (broad SMARTS) is 1. The first kappa shape index (κ1) is 16.5. The van der Waals surface area contributed by atoms with Crippen molar-refractivity contribution in [1.82, 2.24) is 25.2 Å². The normalized spacial score (nSPS) is 20.7. The Kier molecular flexibility index (Phi) is 4.59. The lowest BCUT2D eigenvalue weighted by molar-refractivity contribution is -0.139. The standard InChI is InChI=1S/C16H20FN5O2/c1-21(2)8-10-3-11(5-12(17)4-10)15-9-22(20-19-15)13-6-14(16(23)24)18-7-13/h3-5,9,13-14,18H,6-8H2,1-2H3,(H,23,24)/t13-,14-/m0/s1. The Bertz CT molecular complexity index is 746. The summed E-state index contributed by atoms with van der Waals surface area (Å²) in [6.07, 6.45) is 2.19. The van der Waals surface area contributed by atoms with Gasteiger partial charge in [-0.15, -0.1) is 5.10 Å². The van der Waals surface area contributed by atoms with E-state index in [-0.39, 0.29) is 11.9 Å². The van der Waals surface area contributed by atoms with E-state index in [9.17, 15) is 9.18 Å². The first-order valence-electron chi connectivity index (χ1n) is 7.75. The van der Waals surface area contributed by atoms with Crippen molar-refractivity contribution in [3.63, 3.8) is 0 Å². The first-order chi connectivity index (χ1) is 11.4. The molecule has 2 aromatic rings. The number of aliphatic carboxylic acids is 1. The predicted octanol–water partition coefficient (Wildman–Crippen LogP) is 1.13. The smallest absolute Gasteiger partial charge is 0.320 e. The average Bonchev–Trinajstić information content (AvgIpc) is 3.15. The van der Waals surface area contributed by atoms with Crippen molar-refractivity contribution < 1.29 is 14.3 Å². The number of halogens is 1. The Morgan fingerprint density at radius 1 is 1.46 bits per heavy atom. The zero-order valence-electron chi connectivity index (χ0n) is 13.6. The molecule has 0 bridgehead atoms. The molecule has 3 rings (SSSR count). The number of rotatable bonds is 5. The molecule has 0 radical (unpaired) electrons. The largest absolute Gasteiger partial charge is 0.480 e. The highest BCUT2D eigenvalue weighted by atomic mass is 19.1. The molecular weight excluding hydrogens is 313 g/mol. The number of nitrogens with one attached hydrogen (secondary N) is 1. The molecule has 1 aromatic carbocycles. The molecule has 24 heavy (non-hydrogen) atoms. The topological polar surface area (TPSA) is 83.3 Å². The Balaban J connectivity index is 1.81. The molecule has 0 unspecified atom stereocenters. The van der Waals surface area contributed by atoms with Gasteiger partial charge in [-0.3, -0.25) is 4.79 Å². The Hall–Kier alpha value is -2.32. The minimum Gasteiger partial charge on any atom is -0.480 e. The van der Waals surface area contributed by atoms with Crippen molar-refractivity contribution in [2.75, 3.05) is 20.6 Å². The van der Waals surface area contributed by atoms with Gasteiger partial charge in [0.1, 0.15) is 17.6 Å². The molecule has 8 heteroatoms. The maximum atomic E-state index is 13.9. The summed E-state index contributed by atoms with van der Waals surface area (Å²) in [7, 11) is 3.85. The molecule has 0 spiro atoms. The first-order valence-corrected chi connectivity index (χ1v) is 7.75. The fraction of sp³-hybridized carbons (Fsp3) is 0.438. The van der Waals surface area contributed by atoms with E-state index in [1.54, 1.807) is 10.9 Å². The molecule has 2 N–H and O–H groups in total. The molecule has 0 amide bonds. The summed E-state index contributed by atoms with van der Waals surface area (Å²) < 4.78 is 15.5. The molecule has 1 aromatic heterocycles. The van der Waals surface area contributed by atoms with Gasteiger partial charge in [0.05, 0.1) is 12.2 Å². The summed E-state index contributed by atoms with van der Waals surface area (Å²) in [5, 5.41) is 20.2. The van der Waals surface area contributed by atoms with Crippen LogP contribution in [0.5, 0.6) is 0 Å². The number of hydrogen-bond donors (Lipinski definition) is 2. The summed E-state index contributed by atoms with van der Waals surface area (Å²) in [6, 6.07) is 4.20. The van der Waals surface area contributed by atoms with Crippen molar-refractivity contribution in [3.05, 3.63) is 35.8 Å². The summed E-state index contributed by atoms with van der Waals surface area (Å²) in [5.41, 5.74) is 2.10. The monoisotopic (exact) mass is 333 g/mol. The van der Waals surface area contributed by atoms with E-state index in [2.05, 4.69) is 15.6 Å². The van der Waals surface area contributed by atoms with Crippen LogP contribution in [0, 0.1) is 5.82 Å². The van der Waals surface area contributed by atoms with Gasteiger partial charge in [0.2, 0.25) is 0 Å². The molecule has 1 aliphatic rings. The number of aromatic nitrogens is 3. The molecule has 2 heterocycles. The zero-order chi connectivity index (χ0) is 17.3. The van der Waals surface area contributed by atoms with Gasteiger partial charge in [0, 0.05) is 18.7 Å². The van der Waals surface area contributed by atoms with Crippen LogP contribution in [0.25, 0.3) is 11.3 Å². The molecule has 7 nitrogen and oxygen atoms in total. The van der Waals surface area contributed by atoms with Gasteiger partial charge in [0.15, 0.2) is 0 Å². The number of benzene rings is 1. The van der Waals surface area contributed by atoms with Gasteiger partial charge in [-0.05, 0) is 44.3 Å². The molecule has 1 saturated heterocycles. The van der Waals surface area contributed by atoms with Gasteiger partial charge in [-0.25, -0.2) is 9.07 Å². The summed E-state index contributed by atoms with van der Waals surface area (Å²) in [6.45, 7) is 1.15. The van der Waals surface area contributed by atoms with Crippen molar-refractivity contribution in [1.29, 1.82) is 0 Å². The molecule has 1 fully saturated rings. The average molecular weight is 333 g/mol. The highest BCUT2D eigenvalue weighted by Crippen LogP contribution is 2.24. The van der Waals surface area contributed by atoms with Crippen LogP contribution in [0.2, 0.25) is 0 Å². The second-order valence-corrected chi connectivity index (χ2v) is 6.36. The fourth-order valence-corrected chi connectivity index (χ4v) is 2.95. The van der Waals surface area contributed by atoms with Gasteiger partial charge >= 0.3 is 5.97 Å². The van der Waals surface area contributed by atoms with E-state index in [0.29, 0.717) is 30.8 Å². The van der Waals surface area contributed by atoms with E-state index in [1.807, 2.05) is 25.1 Å². The van der Waals surface area contributed by atoms with E-state index >= 15 is 0 Å². The van der Waals surface area contributed by atoms with Gasteiger partial charge in [-0.2, -0.15) is 0 Å². The molecular formula is C16H20FN5O2. The lowest BCUT2D eigenvalue weighted by Crippen LogP contribution is -2.29. The molecule has 1 aliphatic heterocycles. The summed E-state index contributed by atoms with van der Waals surface area (Å²) >= 11 is 0. The number of nitrogens with zero attached hydrogens (tertiary/aromatic N) is 4. The van der Waals surface area contributed by atoms with Crippen LogP contribution < -0.4 is 5.32 Å². The quantitative estimate of drug-likeness (QED) is 0.854. The van der Waals surface area contributed by atoms with Crippen LogP contribution >= 0.6 is 0 Å². The van der Waals surface area contributed by atoms with E-state index in [1.165, 1.54) is 12.1 Å². The summed E-state index contributed by atoms with van der Waals surface area (Å²) in [4.78, 5) is 13.0. The van der Waals surface area contributed by atoms with Crippen LogP contribution in [-0.2, 0) is 11.3 Å². The highest BCUT2D eigenvalue weighted by molar-refractivity contribution is 5.73. The zero-order valence-corrected chi connectivity index (χ0v) is 13.6. The third kappa shape index (κ3) is 3.60. The van der Waals surface area contributed by atoms with Crippen LogP contribution in [0.1, 0.15) is 18.0 Å². The minimum absolute atomic E-state index is 0.0674. The number of carboxylic acids is 1. The van der Waals surface area contributed by atoms with Crippen LogP contribution in [-0.4, -0.2) is 57.7 Å². The Labute approximate surface area is 139 Å². The lowest BCUT2D eigenvalue weighted by Gasteiger charge is -2.10. The second kappa shape index (κ2) is 6.66. The van der Waals surface area contributed by atoms with Gasteiger partial charge < -0.3 is 15.3 Å². The molecule has 0 saturated carbocycles. The third-order valence-corrected chi connectivity index (χ3v) is 4.04. The third-order valence-electron chi connectivity index (χ3n) is 4.04. The SMILES string of the molecule is CN(C)Cc1cc(F)cc(-c2cn([C@@H]3CN[C@H](C(=O)O)C3)nn2)c1. The molecule has 0 aliphatic carbocycles. The van der Waals surface area contributed by atoms with Crippen LogP contribution in [0.4, 0.5) is 4.39 Å². The van der Waals surface area contributed by atoms with Gasteiger partial charge in [0.25, 0.3) is 0 Å². The highest BCUT2D eigenvalue weighted by Gasteiger charge is 2.30. The molecule has 2 atom stereocenters.